The van der Waals surface area contributed by atoms with Gasteiger partial charge in [-0.2, -0.15) is 0 Å². The van der Waals surface area contributed by atoms with Crippen LogP contribution in [0, 0.1) is 11.8 Å². The largest absolute Gasteiger partial charge is 0.466 e. The molecule has 0 N–H and O–H groups in total. The molecule has 2 fully saturated rings. The van der Waals surface area contributed by atoms with E-state index in [4.69, 9.17) is 14.2 Å². The highest BCUT2D eigenvalue weighted by Crippen LogP contribution is 2.44. The average molecular weight is 361 g/mol. The number of ether oxygens (including phenoxy) is 3. The van der Waals surface area contributed by atoms with Crippen molar-refractivity contribution in [2.45, 2.75) is 32.5 Å². The van der Waals surface area contributed by atoms with E-state index in [0.717, 1.165) is 5.56 Å². The first-order chi connectivity index (χ1) is 12.6. The number of hydrogen-bond donors (Lipinski definition) is 0. The Bertz CT molecular complexity index is 676. The average Bonchev–Trinajstić information content (AvgIpc) is 3.17. The molecule has 0 saturated carbocycles. The van der Waals surface area contributed by atoms with Crippen LogP contribution < -0.4 is 0 Å². The van der Waals surface area contributed by atoms with Crippen LogP contribution in [-0.4, -0.2) is 48.6 Å². The van der Waals surface area contributed by atoms with E-state index in [9.17, 15) is 14.4 Å². The SMILES string of the molecule is CCOC(=O)CC1C(C(=O)OCC)C(=O)N2[C@@H](c3ccccc3)OC[C@H]12. The van der Waals surface area contributed by atoms with Crippen molar-refractivity contribution >= 4 is 17.8 Å². The van der Waals surface area contributed by atoms with Crippen molar-refractivity contribution in [3.8, 4) is 0 Å². The van der Waals surface area contributed by atoms with Crippen LogP contribution in [0.4, 0.5) is 0 Å². The second-order valence-corrected chi connectivity index (χ2v) is 6.31. The van der Waals surface area contributed by atoms with Crippen molar-refractivity contribution in [3.05, 3.63) is 35.9 Å². The number of nitrogens with zero attached hydrogens (tertiary/aromatic N) is 1. The quantitative estimate of drug-likeness (QED) is 0.566. The molecule has 2 unspecified atom stereocenters. The van der Waals surface area contributed by atoms with Gasteiger partial charge < -0.3 is 19.1 Å². The number of amides is 1. The number of benzene rings is 1. The van der Waals surface area contributed by atoms with Crippen LogP contribution in [0.25, 0.3) is 0 Å². The summed E-state index contributed by atoms with van der Waals surface area (Å²) in [6.07, 6.45) is -0.576. The monoisotopic (exact) mass is 361 g/mol. The maximum atomic E-state index is 13.0. The number of esters is 2. The standard InChI is InChI=1S/C19H23NO6/c1-3-24-15(21)10-13-14-11-26-18(12-8-6-5-7-9-12)20(14)17(22)16(13)19(23)25-4-2/h5-9,13-14,16,18H,3-4,10-11H2,1-2H3/t13?,14-,16?,18-/m1/s1. The smallest absolute Gasteiger partial charge is 0.318 e. The summed E-state index contributed by atoms with van der Waals surface area (Å²) in [5.74, 6) is -2.89. The first kappa shape index (κ1) is 18.4. The van der Waals surface area contributed by atoms with E-state index in [1.807, 2.05) is 30.3 Å². The fraction of sp³-hybridized carbons (Fsp3) is 0.526. The first-order valence-electron chi connectivity index (χ1n) is 8.89. The van der Waals surface area contributed by atoms with Gasteiger partial charge in [0, 0.05) is 11.5 Å². The minimum absolute atomic E-state index is 0.0188. The highest BCUT2D eigenvalue weighted by atomic mass is 16.5. The van der Waals surface area contributed by atoms with E-state index in [0.29, 0.717) is 0 Å². The third kappa shape index (κ3) is 3.31. The zero-order valence-electron chi connectivity index (χ0n) is 14.9. The van der Waals surface area contributed by atoms with Gasteiger partial charge in [-0.1, -0.05) is 30.3 Å². The zero-order chi connectivity index (χ0) is 18.7. The van der Waals surface area contributed by atoms with E-state index in [2.05, 4.69) is 0 Å². The number of rotatable bonds is 6. The second kappa shape index (κ2) is 7.86. The molecule has 1 aromatic rings. The summed E-state index contributed by atoms with van der Waals surface area (Å²) in [6.45, 7) is 4.11. The summed E-state index contributed by atoms with van der Waals surface area (Å²) in [6, 6.07) is 9.01. The maximum Gasteiger partial charge on any atom is 0.318 e. The Labute approximate surface area is 152 Å². The molecule has 0 aromatic heterocycles. The van der Waals surface area contributed by atoms with Gasteiger partial charge in [-0.15, -0.1) is 0 Å². The molecule has 1 amide bonds. The lowest BCUT2D eigenvalue weighted by molar-refractivity contribution is -0.156. The number of carbonyl (C=O) groups is 3. The first-order valence-corrected chi connectivity index (χ1v) is 8.89. The number of hydrogen-bond acceptors (Lipinski definition) is 6. The molecule has 7 heteroatoms. The summed E-state index contributed by atoms with van der Waals surface area (Å²) < 4.78 is 16.0. The third-order valence-corrected chi connectivity index (χ3v) is 4.81. The fourth-order valence-electron chi connectivity index (χ4n) is 3.75. The lowest BCUT2D eigenvalue weighted by Gasteiger charge is -2.23. The number of carbonyl (C=O) groups excluding carboxylic acids is 3. The highest BCUT2D eigenvalue weighted by molar-refractivity contribution is 6.01. The Morgan fingerprint density at radius 2 is 1.85 bits per heavy atom. The molecule has 0 aliphatic carbocycles. The summed E-state index contributed by atoms with van der Waals surface area (Å²) in [4.78, 5) is 39.1. The number of fused-ring (bicyclic) bond motifs is 1. The predicted molar refractivity (Wildman–Crippen MR) is 90.6 cm³/mol. The van der Waals surface area contributed by atoms with Crippen molar-refractivity contribution in [3.63, 3.8) is 0 Å². The molecular formula is C19H23NO6. The van der Waals surface area contributed by atoms with Crippen LogP contribution in [0.3, 0.4) is 0 Å². The van der Waals surface area contributed by atoms with Crippen LogP contribution >= 0.6 is 0 Å². The van der Waals surface area contributed by atoms with E-state index in [-0.39, 0.29) is 38.2 Å². The molecule has 2 aliphatic rings. The molecule has 2 aliphatic heterocycles. The Hall–Kier alpha value is -2.41. The normalized spacial score (nSPS) is 27.3. The van der Waals surface area contributed by atoms with E-state index in [1.165, 1.54) is 0 Å². The molecule has 26 heavy (non-hydrogen) atoms. The van der Waals surface area contributed by atoms with Crippen LogP contribution in [0.1, 0.15) is 32.1 Å². The van der Waals surface area contributed by atoms with Crippen molar-refractivity contribution < 1.29 is 28.6 Å². The van der Waals surface area contributed by atoms with Gasteiger partial charge in [0.05, 0.1) is 32.3 Å². The molecule has 140 valence electrons. The van der Waals surface area contributed by atoms with E-state index < -0.39 is 30.0 Å². The van der Waals surface area contributed by atoms with Crippen LogP contribution in [0.15, 0.2) is 30.3 Å². The molecule has 1 aromatic carbocycles. The molecular weight excluding hydrogens is 338 g/mol. The highest BCUT2D eigenvalue weighted by Gasteiger charge is 2.58. The Morgan fingerprint density at radius 1 is 1.15 bits per heavy atom. The van der Waals surface area contributed by atoms with Gasteiger partial charge in [0.15, 0.2) is 6.23 Å². The minimum Gasteiger partial charge on any atom is -0.466 e. The van der Waals surface area contributed by atoms with Gasteiger partial charge in [0.1, 0.15) is 5.92 Å². The molecule has 3 rings (SSSR count). The Morgan fingerprint density at radius 3 is 2.50 bits per heavy atom. The molecule has 7 nitrogen and oxygen atoms in total. The molecule has 4 atom stereocenters. The molecule has 0 radical (unpaired) electrons. The summed E-state index contributed by atoms with van der Waals surface area (Å²) >= 11 is 0. The van der Waals surface area contributed by atoms with Crippen molar-refractivity contribution in [2.24, 2.45) is 11.8 Å². The molecule has 0 spiro atoms. The van der Waals surface area contributed by atoms with Gasteiger partial charge in [-0.25, -0.2) is 0 Å². The summed E-state index contributed by atoms with van der Waals surface area (Å²) in [5, 5.41) is 0. The van der Waals surface area contributed by atoms with Crippen molar-refractivity contribution in [1.29, 1.82) is 0 Å². The Kier molecular flexibility index (Phi) is 5.56. The van der Waals surface area contributed by atoms with Gasteiger partial charge in [-0.3, -0.25) is 14.4 Å². The van der Waals surface area contributed by atoms with Crippen LogP contribution in [-0.2, 0) is 28.6 Å². The second-order valence-electron chi connectivity index (χ2n) is 6.31. The van der Waals surface area contributed by atoms with E-state index in [1.54, 1.807) is 18.7 Å². The summed E-state index contributed by atoms with van der Waals surface area (Å²) in [7, 11) is 0. The van der Waals surface area contributed by atoms with Gasteiger partial charge in [-0.05, 0) is 13.8 Å². The van der Waals surface area contributed by atoms with Crippen LogP contribution in [0.2, 0.25) is 0 Å². The maximum absolute atomic E-state index is 13.0. The molecule has 2 saturated heterocycles. The van der Waals surface area contributed by atoms with Crippen molar-refractivity contribution in [2.75, 3.05) is 19.8 Å². The zero-order valence-corrected chi connectivity index (χ0v) is 14.9. The minimum atomic E-state index is -1.00. The third-order valence-electron chi connectivity index (χ3n) is 4.81. The molecule has 2 heterocycles. The summed E-state index contributed by atoms with van der Waals surface area (Å²) in [5.41, 5.74) is 0.836. The molecule has 0 bridgehead atoms. The Balaban J connectivity index is 1.89. The van der Waals surface area contributed by atoms with Gasteiger partial charge in [0.25, 0.3) is 0 Å². The van der Waals surface area contributed by atoms with Crippen molar-refractivity contribution in [1.82, 2.24) is 4.90 Å². The lowest BCUT2D eigenvalue weighted by Crippen LogP contribution is -2.34. The van der Waals surface area contributed by atoms with Gasteiger partial charge in [0.2, 0.25) is 5.91 Å². The van der Waals surface area contributed by atoms with Gasteiger partial charge >= 0.3 is 11.9 Å². The fourth-order valence-corrected chi connectivity index (χ4v) is 3.75. The van der Waals surface area contributed by atoms with Crippen LogP contribution in [0.5, 0.6) is 0 Å². The lowest BCUT2D eigenvalue weighted by atomic mass is 9.87. The predicted octanol–water partition coefficient (Wildman–Crippen LogP) is 1.67. The topological polar surface area (TPSA) is 82.1 Å². The van der Waals surface area contributed by atoms with E-state index >= 15 is 0 Å².